The first kappa shape index (κ1) is 21.2. The Morgan fingerprint density at radius 1 is 1.00 bits per heavy atom. The average Bonchev–Trinajstić information content (AvgIpc) is 3.41. The number of unbranched alkanes of at least 4 members (excludes halogenated alkanes) is 5. The van der Waals surface area contributed by atoms with Gasteiger partial charge in [-0.1, -0.05) is 75.1 Å². The second-order valence-electron chi connectivity index (χ2n) is 7.58. The minimum Gasteiger partial charge on any atom is -0.494 e. The lowest BCUT2D eigenvalue weighted by molar-refractivity contribution is 0.304. The van der Waals surface area contributed by atoms with Crippen molar-refractivity contribution in [3.05, 3.63) is 59.6 Å². The summed E-state index contributed by atoms with van der Waals surface area (Å²) in [6.07, 6.45) is 16.2. The molecule has 0 amide bonds. The number of allylic oxidation sites excluding steroid dienone is 2. The van der Waals surface area contributed by atoms with Crippen LogP contribution in [0.1, 0.15) is 51.1 Å². The summed E-state index contributed by atoms with van der Waals surface area (Å²) in [4.78, 5) is 9.55. The Labute approximate surface area is 187 Å². The molecule has 1 N–H and O–H groups in total. The van der Waals surface area contributed by atoms with E-state index in [4.69, 9.17) is 14.7 Å². The van der Waals surface area contributed by atoms with E-state index in [1.807, 2.05) is 24.3 Å². The normalized spacial score (nSPS) is 19.6. The molecule has 0 saturated heterocycles. The van der Waals surface area contributed by atoms with Crippen LogP contribution in [-0.4, -0.2) is 27.9 Å². The van der Waals surface area contributed by atoms with Crippen LogP contribution in [0.4, 0.5) is 10.8 Å². The van der Waals surface area contributed by atoms with Crippen molar-refractivity contribution >= 4 is 39.0 Å². The number of nitrogens with one attached hydrogen (secondary N) is 1. The first-order valence-electron chi connectivity index (χ1n) is 10.9. The SMILES string of the molecule is CCCCCCCCOc1ccc(Nc2nc(C3=NC4C=CC=CC4S3)cs2)cc1. The highest BCUT2D eigenvalue weighted by molar-refractivity contribution is 8.15. The number of rotatable bonds is 11. The third-order valence-electron chi connectivity index (χ3n) is 5.17. The van der Waals surface area contributed by atoms with Crippen LogP contribution in [0, 0.1) is 0 Å². The van der Waals surface area contributed by atoms with E-state index < -0.39 is 0 Å². The maximum atomic E-state index is 5.87. The molecule has 1 aromatic heterocycles. The van der Waals surface area contributed by atoms with Gasteiger partial charge >= 0.3 is 0 Å². The molecule has 4 rings (SSSR count). The number of hydrogen-bond acceptors (Lipinski definition) is 6. The zero-order valence-corrected chi connectivity index (χ0v) is 19.1. The summed E-state index contributed by atoms with van der Waals surface area (Å²) in [7, 11) is 0. The molecular formula is C24H29N3OS2. The van der Waals surface area contributed by atoms with E-state index >= 15 is 0 Å². The van der Waals surface area contributed by atoms with Gasteiger partial charge in [0.2, 0.25) is 0 Å². The summed E-state index contributed by atoms with van der Waals surface area (Å²) in [6.45, 7) is 3.04. The van der Waals surface area contributed by atoms with Gasteiger partial charge in [0, 0.05) is 11.1 Å². The third-order valence-corrected chi connectivity index (χ3v) is 7.17. The summed E-state index contributed by atoms with van der Waals surface area (Å²) in [5, 5.41) is 7.80. The number of ether oxygens (including phenoxy) is 1. The molecule has 2 aliphatic rings. The summed E-state index contributed by atoms with van der Waals surface area (Å²) in [5.41, 5.74) is 1.98. The van der Waals surface area contributed by atoms with Gasteiger partial charge in [0.1, 0.15) is 16.5 Å². The molecule has 4 nitrogen and oxygen atoms in total. The quantitative estimate of drug-likeness (QED) is 0.384. The molecule has 2 unspecified atom stereocenters. The molecule has 0 saturated carbocycles. The second-order valence-corrected chi connectivity index (χ2v) is 9.61. The fourth-order valence-corrected chi connectivity index (χ4v) is 5.40. The number of aliphatic imine (C=N–C) groups is 1. The van der Waals surface area contributed by atoms with Gasteiger partial charge in [0.25, 0.3) is 0 Å². The number of thiazole rings is 1. The molecule has 6 heteroatoms. The molecule has 30 heavy (non-hydrogen) atoms. The highest BCUT2D eigenvalue weighted by Crippen LogP contribution is 2.35. The molecule has 158 valence electrons. The molecule has 0 bridgehead atoms. The Morgan fingerprint density at radius 3 is 2.63 bits per heavy atom. The van der Waals surface area contributed by atoms with E-state index in [9.17, 15) is 0 Å². The lowest BCUT2D eigenvalue weighted by Crippen LogP contribution is -2.13. The van der Waals surface area contributed by atoms with Crippen LogP contribution in [0.3, 0.4) is 0 Å². The fraction of sp³-hybridized carbons (Fsp3) is 0.417. The number of aromatic nitrogens is 1. The van der Waals surface area contributed by atoms with E-state index in [-0.39, 0.29) is 6.04 Å². The van der Waals surface area contributed by atoms with E-state index in [1.54, 1.807) is 23.1 Å². The van der Waals surface area contributed by atoms with Crippen LogP contribution >= 0.6 is 23.1 Å². The maximum absolute atomic E-state index is 5.87. The van der Waals surface area contributed by atoms with Gasteiger partial charge in [-0.2, -0.15) is 0 Å². The average molecular weight is 440 g/mol. The number of hydrogen-bond donors (Lipinski definition) is 1. The van der Waals surface area contributed by atoms with Crippen molar-refractivity contribution in [2.24, 2.45) is 4.99 Å². The fourth-order valence-electron chi connectivity index (χ4n) is 3.48. The van der Waals surface area contributed by atoms with E-state index in [0.29, 0.717) is 5.25 Å². The predicted molar refractivity (Wildman–Crippen MR) is 131 cm³/mol. The minimum absolute atomic E-state index is 0.247. The predicted octanol–water partition coefficient (Wildman–Crippen LogP) is 6.98. The standard InChI is InChI=1S/C24H29N3OS2/c1-2-3-4-5-6-9-16-28-19-14-12-18(13-15-19)25-24-27-21(17-29-24)23-26-20-10-7-8-11-22(20)30-23/h7-8,10-15,17,20,22H,2-6,9,16H2,1H3,(H,25,27). The Morgan fingerprint density at radius 2 is 1.80 bits per heavy atom. The number of fused-ring (bicyclic) bond motifs is 1. The number of benzene rings is 1. The first-order chi connectivity index (χ1) is 14.8. The zero-order chi connectivity index (χ0) is 20.6. The molecule has 1 aromatic carbocycles. The summed E-state index contributed by atoms with van der Waals surface area (Å²) in [5.74, 6) is 0.925. The van der Waals surface area contributed by atoms with Crippen LogP contribution in [0.15, 0.2) is 58.9 Å². The van der Waals surface area contributed by atoms with Crippen molar-refractivity contribution in [3.63, 3.8) is 0 Å². The Kier molecular flexibility index (Phi) is 7.65. The van der Waals surface area contributed by atoms with E-state index in [0.717, 1.165) is 40.3 Å². The maximum Gasteiger partial charge on any atom is 0.187 e. The summed E-state index contributed by atoms with van der Waals surface area (Å²) < 4.78 is 5.87. The van der Waals surface area contributed by atoms with Crippen molar-refractivity contribution < 1.29 is 4.74 Å². The van der Waals surface area contributed by atoms with Gasteiger partial charge < -0.3 is 10.1 Å². The van der Waals surface area contributed by atoms with Crippen LogP contribution < -0.4 is 10.1 Å². The smallest absolute Gasteiger partial charge is 0.187 e. The third kappa shape index (κ3) is 5.76. The molecular weight excluding hydrogens is 410 g/mol. The highest BCUT2D eigenvalue weighted by atomic mass is 32.2. The molecule has 0 spiro atoms. The summed E-state index contributed by atoms with van der Waals surface area (Å²) in [6, 6.07) is 8.38. The Bertz CT molecular complexity index is 901. The Hall–Kier alpha value is -2.05. The molecule has 0 radical (unpaired) electrons. The lowest BCUT2D eigenvalue weighted by Gasteiger charge is -2.10. The largest absolute Gasteiger partial charge is 0.494 e. The molecule has 2 atom stereocenters. The van der Waals surface area contributed by atoms with Gasteiger partial charge in [-0.25, -0.2) is 4.98 Å². The lowest BCUT2D eigenvalue weighted by atomic mass is 10.1. The second kappa shape index (κ2) is 10.8. The van der Waals surface area contributed by atoms with Gasteiger partial charge in [0.15, 0.2) is 5.13 Å². The van der Waals surface area contributed by atoms with Gasteiger partial charge in [-0.15, -0.1) is 11.3 Å². The molecule has 0 fully saturated rings. The number of thioether (sulfide) groups is 1. The molecule has 2 heterocycles. The topological polar surface area (TPSA) is 46.5 Å². The van der Waals surface area contributed by atoms with E-state index in [2.05, 4.69) is 41.9 Å². The van der Waals surface area contributed by atoms with Gasteiger partial charge in [0.05, 0.1) is 17.9 Å². The monoisotopic (exact) mass is 439 g/mol. The van der Waals surface area contributed by atoms with Crippen molar-refractivity contribution in [2.45, 2.75) is 56.7 Å². The van der Waals surface area contributed by atoms with E-state index in [1.165, 1.54) is 32.1 Å². The van der Waals surface area contributed by atoms with Crippen molar-refractivity contribution in [1.82, 2.24) is 4.98 Å². The van der Waals surface area contributed by atoms with Crippen molar-refractivity contribution in [3.8, 4) is 5.75 Å². The van der Waals surface area contributed by atoms with Crippen LogP contribution in [0.25, 0.3) is 0 Å². The van der Waals surface area contributed by atoms with Crippen LogP contribution in [0.5, 0.6) is 5.75 Å². The Balaban J connectivity index is 1.23. The van der Waals surface area contributed by atoms with Crippen LogP contribution in [0.2, 0.25) is 0 Å². The van der Waals surface area contributed by atoms with Gasteiger partial charge in [-0.3, -0.25) is 4.99 Å². The number of anilines is 2. The number of nitrogens with zero attached hydrogens (tertiary/aromatic N) is 2. The molecule has 1 aliphatic heterocycles. The molecule has 2 aromatic rings. The van der Waals surface area contributed by atoms with Crippen molar-refractivity contribution in [1.29, 1.82) is 0 Å². The highest BCUT2D eigenvalue weighted by Gasteiger charge is 2.29. The van der Waals surface area contributed by atoms with Crippen molar-refractivity contribution in [2.75, 3.05) is 11.9 Å². The van der Waals surface area contributed by atoms with Crippen LogP contribution in [-0.2, 0) is 0 Å². The minimum atomic E-state index is 0.247. The summed E-state index contributed by atoms with van der Waals surface area (Å²) >= 11 is 3.41. The van der Waals surface area contributed by atoms with Gasteiger partial charge in [-0.05, 0) is 30.7 Å². The zero-order valence-electron chi connectivity index (χ0n) is 17.4. The first-order valence-corrected chi connectivity index (χ1v) is 12.6. The molecule has 1 aliphatic carbocycles.